The maximum absolute atomic E-state index is 12.0. The van der Waals surface area contributed by atoms with E-state index in [1.807, 2.05) is 0 Å². The first-order valence-corrected chi connectivity index (χ1v) is 7.75. The second-order valence-electron chi connectivity index (χ2n) is 3.57. The van der Waals surface area contributed by atoms with Gasteiger partial charge in [-0.1, -0.05) is 12.1 Å². The molecule has 0 aromatic heterocycles. The van der Waals surface area contributed by atoms with E-state index < -0.39 is 7.60 Å². The first-order valence-electron chi connectivity index (χ1n) is 6.21. The van der Waals surface area contributed by atoms with Gasteiger partial charge in [-0.05, 0) is 31.9 Å². The molecule has 0 unspecified atom stereocenters. The SMILES string of the molecule is CCOP(=O)(C#CCOc1ccccc1C=O)OCC. The molecule has 0 fully saturated rings. The summed E-state index contributed by atoms with van der Waals surface area (Å²) in [6.45, 7) is 3.92. The summed E-state index contributed by atoms with van der Waals surface area (Å²) < 4.78 is 27.4. The zero-order valence-corrected chi connectivity index (χ0v) is 12.4. The Morgan fingerprint density at radius 3 is 2.45 bits per heavy atom. The fraction of sp³-hybridized carbons (Fsp3) is 0.357. The van der Waals surface area contributed by atoms with Crippen LogP contribution in [0.2, 0.25) is 0 Å². The van der Waals surface area contributed by atoms with Gasteiger partial charge in [-0.25, -0.2) is 4.57 Å². The van der Waals surface area contributed by atoms with Gasteiger partial charge < -0.3 is 4.74 Å². The zero-order chi connectivity index (χ0) is 14.8. The number of rotatable bonds is 7. The first kappa shape index (κ1) is 16.5. The molecule has 1 rings (SSSR count). The smallest absolute Gasteiger partial charge is 0.405 e. The van der Waals surface area contributed by atoms with Gasteiger partial charge in [-0.15, -0.1) is 0 Å². The minimum atomic E-state index is -3.37. The number of aldehydes is 1. The van der Waals surface area contributed by atoms with Gasteiger partial charge in [-0.2, -0.15) is 0 Å². The third kappa shape index (κ3) is 5.18. The maximum atomic E-state index is 12.0. The lowest BCUT2D eigenvalue weighted by Crippen LogP contribution is -1.98. The van der Waals surface area contributed by atoms with Crippen LogP contribution in [0.1, 0.15) is 24.2 Å². The predicted molar refractivity (Wildman–Crippen MR) is 76.0 cm³/mol. The molecule has 0 bridgehead atoms. The molecule has 0 atom stereocenters. The molecule has 6 heteroatoms. The van der Waals surface area contributed by atoms with Crippen molar-refractivity contribution in [2.45, 2.75) is 13.8 Å². The van der Waals surface area contributed by atoms with Crippen LogP contribution in [0.5, 0.6) is 5.75 Å². The number of hydrogen-bond acceptors (Lipinski definition) is 5. The van der Waals surface area contributed by atoms with E-state index in [1.54, 1.807) is 38.1 Å². The third-order valence-corrected chi connectivity index (χ3v) is 3.79. The van der Waals surface area contributed by atoms with Crippen LogP contribution < -0.4 is 4.74 Å². The fourth-order valence-corrected chi connectivity index (χ4v) is 2.54. The Labute approximate surface area is 118 Å². The van der Waals surface area contributed by atoms with Gasteiger partial charge in [0.05, 0.1) is 18.8 Å². The van der Waals surface area contributed by atoms with Crippen molar-refractivity contribution in [1.82, 2.24) is 0 Å². The molecular weight excluding hydrogens is 279 g/mol. The molecule has 20 heavy (non-hydrogen) atoms. The van der Waals surface area contributed by atoms with Crippen molar-refractivity contribution in [3.8, 4) is 17.3 Å². The van der Waals surface area contributed by atoms with E-state index in [4.69, 9.17) is 13.8 Å². The maximum Gasteiger partial charge on any atom is 0.405 e. The van der Waals surface area contributed by atoms with Crippen LogP contribution in [-0.2, 0) is 13.6 Å². The summed E-state index contributed by atoms with van der Waals surface area (Å²) in [5, 5.41) is 0. The first-order chi connectivity index (χ1) is 9.65. The molecule has 108 valence electrons. The van der Waals surface area contributed by atoms with Crippen molar-refractivity contribution in [2.24, 2.45) is 0 Å². The third-order valence-electron chi connectivity index (χ3n) is 2.16. The van der Waals surface area contributed by atoms with Crippen molar-refractivity contribution >= 4 is 13.9 Å². The Bertz CT molecular complexity index is 534. The molecule has 1 aromatic carbocycles. The van der Waals surface area contributed by atoms with E-state index in [0.717, 1.165) is 0 Å². The molecule has 0 aliphatic carbocycles. The van der Waals surface area contributed by atoms with Gasteiger partial charge in [0.25, 0.3) is 0 Å². The summed E-state index contributed by atoms with van der Waals surface area (Å²) in [6, 6.07) is 6.79. The fourth-order valence-electron chi connectivity index (χ4n) is 1.39. The highest BCUT2D eigenvalue weighted by Gasteiger charge is 2.19. The van der Waals surface area contributed by atoms with Crippen molar-refractivity contribution in [3.05, 3.63) is 29.8 Å². The Hall–Kier alpha value is -1.60. The number of carbonyl (C=O) groups is 1. The zero-order valence-electron chi connectivity index (χ0n) is 11.5. The average molecular weight is 296 g/mol. The largest absolute Gasteiger partial charge is 0.480 e. The summed E-state index contributed by atoms with van der Waals surface area (Å²) >= 11 is 0. The summed E-state index contributed by atoms with van der Waals surface area (Å²) in [7, 11) is -3.37. The number of para-hydroxylation sites is 1. The highest BCUT2D eigenvalue weighted by atomic mass is 31.2. The van der Waals surface area contributed by atoms with Crippen LogP contribution in [-0.4, -0.2) is 26.1 Å². The quantitative estimate of drug-likeness (QED) is 0.439. The molecule has 0 spiro atoms. The Morgan fingerprint density at radius 1 is 1.20 bits per heavy atom. The van der Waals surface area contributed by atoms with Crippen LogP contribution in [0.3, 0.4) is 0 Å². The Morgan fingerprint density at radius 2 is 1.85 bits per heavy atom. The number of carbonyl (C=O) groups excluding carboxylic acids is 1. The minimum absolute atomic E-state index is 0.00497. The minimum Gasteiger partial charge on any atom is -0.480 e. The molecule has 5 nitrogen and oxygen atoms in total. The summed E-state index contributed by atoms with van der Waals surface area (Å²) in [5.41, 5.74) is 2.89. The molecule has 0 amide bonds. The van der Waals surface area contributed by atoms with E-state index >= 15 is 0 Å². The summed E-state index contributed by atoms with van der Waals surface area (Å²) in [5.74, 6) is 3.02. The van der Waals surface area contributed by atoms with Gasteiger partial charge >= 0.3 is 7.60 Å². The predicted octanol–water partition coefficient (Wildman–Crippen LogP) is 3.10. The Kier molecular flexibility index (Phi) is 7.03. The highest BCUT2D eigenvalue weighted by Crippen LogP contribution is 2.46. The van der Waals surface area contributed by atoms with Gasteiger partial charge in [0.2, 0.25) is 0 Å². The van der Waals surface area contributed by atoms with Crippen molar-refractivity contribution in [2.75, 3.05) is 19.8 Å². The second kappa shape index (κ2) is 8.55. The molecule has 0 aliphatic rings. The van der Waals surface area contributed by atoms with Crippen LogP contribution in [0.25, 0.3) is 0 Å². The topological polar surface area (TPSA) is 61.8 Å². The molecular formula is C14H17O5P. The van der Waals surface area contributed by atoms with Crippen molar-refractivity contribution < 1.29 is 23.1 Å². The summed E-state index contributed by atoms with van der Waals surface area (Å²) in [4.78, 5) is 10.8. The molecule has 0 heterocycles. The van der Waals surface area contributed by atoms with E-state index in [2.05, 4.69) is 11.6 Å². The number of benzene rings is 1. The van der Waals surface area contributed by atoms with E-state index in [0.29, 0.717) is 17.6 Å². The number of hydrogen-bond donors (Lipinski definition) is 0. The van der Waals surface area contributed by atoms with E-state index in [1.165, 1.54) is 0 Å². The molecule has 0 aliphatic heterocycles. The molecule has 1 aromatic rings. The van der Waals surface area contributed by atoms with Gasteiger partial charge in [-0.3, -0.25) is 13.8 Å². The van der Waals surface area contributed by atoms with E-state index in [9.17, 15) is 9.36 Å². The number of ether oxygens (including phenoxy) is 1. The summed E-state index contributed by atoms with van der Waals surface area (Å²) in [6.07, 6.45) is 0.702. The molecule has 0 radical (unpaired) electrons. The standard InChI is InChI=1S/C14H17O5P/c1-3-18-20(16,19-4-2)11-7-10-17-14-9-6-5-8-13(14)12-15/h5-6,8-9,12H,3-4,10H2,1-2H3. The van der Waals surface area contributed by atoms with Crippen LogP contribution in [0, 0.1) is 11.6 Å². The molecule has 0 saturated carbocycles. The second-order valence-corrected chi connectivity index (χ2v) is 5.30. The molecule has 0 saturated heterocycles. The monoisotopic (exact) mass is 296 g/mol. The van der Waals surface area contributed by atoms with Crippen LogP contribution >= 0.6 is 7.60 Å². The van der Waals surface area contributed by atoms with Crippen molar-refractivity contribution in [1.29, 1.82) is 0 Å². The van der Waals surface area contributed by atoms with Crippen LogP contribution in [0.4, 0.5) is 0 Å². The van der Waals surface area contributed by atoms with Gasteiger partial charge in [0.1, 0.15) is 12.4 Å². The lowest BCUT2D eigenvalue weighted by atomic mass is 10.2. The van der Waals surface area contributed by atoms with Crippen LogP contribution in [0.15, 0.2) is 24.3 Å². The normalized spacial score (nSPS) is 10.5. The lowest BCUT2D eigenvalue weighted by Gasteiger charge is -2.09. The van der Waals surface area contributed by atoms with E-state index in [-0.39, 0.29) is 19.8 Å². The lowest BCUT2D eigenvalue weighted by molar-refractivity contribution is 0.112. The highest BCUT2D eigenvalue weighted by molar-refractivity contribution is 7.59. The molecule has 0 N–H and O–H groups in total. The average Bonchev–Trinajstić information content (AvgIpc) is 2.44. The van der Waals surface area contributed by atoms with Gasteiger partial charge in [0, 0.05) is 5.66 Å². The van der Waals surface area contributed by atoms with Crippen molar-refractivity contribution in [3.63, 3.8) is 0 Å². The van der Waals surface area contributed by atoms with Gasteiger partial charge in [0.15, 0.2) is 6.29 Å². The Balaban J connectivity index is 2.65.